The van der Waals surface area contributed by atoms with Crippen molar-refractivity contribution in [3.05, 3.63) is 65.7 Å². The van der Waals surface area contributed by atoms with Gasteiger partial charge in [-0.25, -0.2) is 8.78 Å². The quantitative estimate of drug-likeness (QED) is 0.794. The van der Waals surface area contributed by atoms with Crippen LogP contribution in [0.1, 0.15) is 30.9 Å². The van der Waals surface area contributed by atoms with Crippen LogP contribution in [-0.2, 0) is 9.59 Å². The fraction of sp³-hybridized carbons (Fsp3) is 0.333. The summed E-state index contributed by atoms with van der Waals surface area (Å²) >= 11 is 0. The number of halogens is 2. The Kier molecular flexibility index (Phi) is 6.36. The van der Waals surface area contributed by atoms with Crippen molar-refractivity contribution in [2.24, 2.45) is 5.73 Å². The highest BCUT2D eigenvalue weighted by molar-refractivity contribution is 5.95. The monoisotopic (exact) mass is 387 g/mol. The molecule has 2 N–H and O–H groups in total. The van der Waals surface area contributed by atoms with Crippen LogP contribution >= 0.6 is 0 Å². The van der Waals surface area contributed by atoms with E-state index in [1.807, 2.05) is 0 Å². The second-order valence-corrected chi connectivity index (χ2v) is 6.92. The van der Waals surface area contributed by atoms with Crippen molar-refractivity contribution >= 4 is 17.5 Å². The summed E-state index contributed by atoms with van der Waals surface area (Å²) in [6.45, 7) is 1.04. The van der Waals surface area contributed by atoms with Crippen LogP contribution in [0.25, 0.3) is 0 Å². The smallest absolute Gasteiger partial charge is 0.241 e. The normalized spacial score (nSPS) is 16.9. The molecule has 1 atom stereocenters. The number of anilines is 1. The van der Waals surface area contributed by atoms with E-state index in [1.165, 1.54) is 41.3 Å². The molecule has 0 bridgehead atoms. The lowest BCUT2D eigenvalue weighted by Crippen LogP contribution is -2.41. The van der Waals surface area contributed by atoms with Gasteiger partial charge in [-0.1, -0.05) is 12.1 Å². The summed E-state index contributed by atoms with van der Waals surface area (Å²) in [4.78, 5) is 27.7. The summed E-state index contributed by atoms with van der Waals surface area (Å²) in [5, 5.41) is 0. The molecule has 3 rings (SSSR count). The van der Waals surface area contributed by atoms with Crippen LogP contribution in [0.4, 0.5) is 14.5 Å². The highest BCUT2D eigenvalue weighted by Gasteiger charge is 2.29. The van der Waals surface area contributed by atoms with Gasteiger partial charge < -0.3 is 10.6 Å². The number of primary amides is 1. The number of carbonyl (C=O) groups excluding carboxylic acids is 2. The topological polar surface area (TPSA) is 66.6 Å². The molecule has 2 aromatic rings. The number of hydrogen-bond donors (Lipinski definition) is 1. The van der Waals surface area contributed by atoms with Crippen LogP contribution in [0.5, 0.6) is 0 Å². The predicted octanol–water partition coefficient (Wildman–Crippen LogP) is 3.01. The van der Waals surface area contributed by atoms with Crippen LogP contribution in [0.15, 0.2) is 48.5 Å². The standard InChI is InChI=1S/C21H23F2N3O2/c22-16-5-3-15(4-6-16)19-2-1-12-25(19)14-21(28)26(13-11-20(24)27)18-9-7-17(23)8-10-18/h3-10,19H,1-2,11-14H2,(H2,24,27)/t19-/m0/s1. The maximum Gasteiger partial charge on any atom is 0.241 e. The first kappa shape index (κ1) is 19.9. The molecular weight excluding hydrogens is 364 g/mol. The van der Waals surface area contributed by atoms with E-state index in [0.717, 1.165) is 24.9 Å². The van der Waals surface area contributed by atoms with Gasteiger partial charge in [-0.3, -0.25) is 14.5 Å². The Morgan fingerprint density at radius 1 is 1.04 bits per heavy atom. The minimum Gasteiger partial charge on any atom is -0.370 e. The molecule has 0 saturated carbocycles. The van der Waals surface area contributed by atoms with E-state index in [4.69, 9.17) is 5.73 Å². The van der Waals surface area contributed by atoms with Gasteiger partial charge in [0.1, 0.15) is 11.6 Å². The second kappa shape index (κ2) is 8.93. The number of rotatable bonds is 7. The van der Waals surface area contributed by atoms with E-state index in [9.17, 15) is 18.4 Å². The van der Waals surface area contributed by atoms with Gasteiger partial charge in [0, 0.05) is 24.7 Å². The lowest BCUT2D eigenvalue weighted by Gasteiger charge is -2.28. The molecule has 1 aliphatic heterocycles. The minimum absolute atomic E-state index is 0.0184. The highest BCUT2D eigenvalue weighted by Crippen LogP contribution is 2.32. The van der Waals surface area contributed by atoms with Crippen LogP contribution < -0.4 is 10.6 Å². The molecule has 0 radical (unpaired) electrons. The molecule has 0 aliphatic carbocycles. The van der Waals surface area contributed by atoms with Crippen LogP contribution in [0.2, 0.25) is 0 Å². The first-order valence-corrected chi connectivity index (χ1v) is 9.28. The Bertz CT molecular complexity index is 825. The Morgan fingerprint density at radius 3 is 2.25 bits per heavy atom. The lowest BCUT2D eigenvalue weighted by molar-refractivity contribution is -0.120. The molecular formula is C21H23F2N3O2. The fourth-order valence-corrected chi connectivity index (χ4v) is 3.58. The van der Waals surface area contributed by atoms with Crippen molar-refractivity contribution in [3.8, 4) is 0 Å². The fourth-order valence-electron chi connectivity index (χ4n) is 3.58. The first-order valence-electron chi connectivity index (χ1n) is 9.28. The lowest BCUT2D eigenvalue weighted by atomic mass is 10.0. The van der Waals surface area contributed by atoms with Crippen molar-refractivity contribution < 1.29 is 18.4 Å². The van der Waals surface area contributed by atoms with Crippen molar-refractivity contribution in [2.75, 3.05) is 24.5 Å². The average molecular weight is 387 g/mol. The van der Waals surface area contributed by atoms with Gasteiger partial charge in [-0.05, 0) is 61.3 Å². The molecule has 1 fully saturated rings. The van der Waals surface area contributed by atoms with Gasteiger partial charge >= 0.3 is 0 Å². The van der Waals surface area contributed by atoms with Gasteiger partial charge in [0.15, 0.2) is 0 Å². The van der Waals surface area contributed by atoms with Crippen molar-refractivity contribution in [1.29, 1.82) is 0 Å². The molecule has 28 heavy (non-hydrogen) atoms. The van der Waals surface area contributed by atoms with Crippen LogP contribution in [0.3, 0.4) is 0 Å². The minimum atomic E-state index is -0.509. The number of hydrogen-bond acceptors (Lipinski definition) is 3. The number of carbonyl (C=O) groups is 2. The molecule has 1 aliphatic rings. The molecule has 5 nitrogen and oxygen atoms in total. The third kappa shape index (κ3) is 4.92. The average Bonchev–Trinajstić information content (AvgIpc) is 3.12. The number of nitrogens with two attached hydrogens (primary N) is 1. The first-order chi connectivity index (χ1) is 13.4. The third-order valence-electron chi connectivity index (χ3n) is 4.98. The third-order valence-corrected chi connectivity index (χ3v) is 4.98. The van der Waals surface area contributed by atoms with Crippen LogP contribution in [-0.4, -0.2) is 36.3 Å². The summed E-state index contributed by atoms with van der Waals surface area (Å²) in [7, 11) is 0. The SMILES string of the molecule is NC(=O)CCN(C(=O)CN1CCC[C@H]1c1ccc(F)cc1)c1ccc(F)cc1. The largest absolute Gasteiger partial charge is 0.370 e. The van der Waals surface area contributed by atoms with E-state index < -0.39 is 11.7 Å². The molecule has 1 heterocycles. The maximum absolute atomic E-state index is 13.2. The zero-order valence-corrected chi connectivity index (χ0v) is 15.5. The summed E-state index contributed by atoms with van der Waals surface area (Å²) in [6.07, 6.45) is 1.84. The van der Waals surface area contributed by atoms with Gasteiger partial charge in [0.05, 0.1) is 6.54 Å². The summed E-state index contributed by atoms with van der Waals surface area (Å²) < 4.78 is 26.5. The predicted molar refractivity (Wildman–Crippen MR) is 103 cm³/mol. The van der Waals surface area contributed by atoms with Gasteiger partial charge in [0.2, 0.25) is 11.8 Å². The Morgan fingerprint density at radius 2 is 1.64 bits per heavy atom. The Balaban J connectivity index is 1.75. The molecule has 2 amide bonds. The molecule has 1 saturated heterocycles. The van der Waals surface area contributed by atoms with Crippen molar-refractivity contribution in [3.63, 3.8) is 0 Å². The molecule has 0 aromatic heterocycles. The molecule has 2 aromatic carbocycles. The molecule has 0 unspecified atom stereocenters. The summed E-state index contributed by atoms with van der Waals surface area (Å²) in [5.41, 5.74) is 6.73. The Hall–Kier alpha value is -2.80. The van der Waals surface area contributed by atoms with E-state index in [0.29, 0.717) is 5.69 Å². The molecule has 7 heteroatoms. The van der Waals surface area contributed by atoms with E-state index >= 15 is 0 Å². The van der Waals surface area contributed by atoms with E-state index in [1.54, 1.807) is 12.1 Å². The molecule has 148 valence electrons. The van der Waals surface area contributed by atoms with E-state index in [2.05, 4.69) is 4.90 Å². The van der Waals surface area contributed by atoms with Crippen molar-refractivity contribution in [1.82, 2.24) is 4.90 Å². The number of amides is 2. The second-order valence-electron chi connectivity index (χ2n) is 6.92. The Labute approximate surface area is 162 Å². The maximum atomic E-state index is 13.2. The van der Waals surface area contributed by atoms with E-state index in [-0.39, 0.29) is 37.3 Å². The van der Waals surface area contributed by atoms with Crippen LogP contribution in [0, 0.1) is 11.6 Å². The number of nitrogens with zero attached hydrogens (tertiary/aromatic N) is 2. The zero-order valence-electron chi connectivity index (χ0n) is 15.5. The van der Waals surface area contributed by atoms with Gasteiger partial charge in [0.25, 0.3) is 0 Å². The molecule has 0 spiro atoms. The van der Waals surface area contributed by atoms with Gasteiger partial charge in [-0.2, -0.15) is 0 Å². The zero-order chi connectivity index (χ0) is 20.1. The number of benzene rings is 2. The summed E-state index contributed by atoms with van der Waals surface area (Å²) in [6, 6.07) is 11.9. The highest BCUT2D eigenvalue weighted by atomic mass is 19.1. The number of likely N-dealkylation sites (tertiary alicyclic amines) is 1. The van der Waals surface area contributed by atoms with Crippen molar-refractivity contribution in [2.45, 2.75) is 25.3 Å². The summed E-state index contributed by atoms with van der Waals surface area (Å²) in [5.74, 6) is -1.40. The van der Waals surface area contributed by atoms with Gasteiger partial charge in [-0.15, -0.1) is 0 Å².